The Morgan fingerprint density at radius 1 is 1.00 bits per heavy atom. The largest absolute Gasteiger partial charge is 0.573 e. The number of nitrogens with zero attached hydrogens (tertiary/aromatic N) is 1. The quantitative estimate of drug-likeness (QED) is 0.826. The summed E-state index contributed by atoms with van der Waals surface area (Å²) in [5.74, 6) is 0.606. The molecule has 0 saturated heterocycles. The molecule has 0 saturated carbocycles. The Morgan fingerprint density at radius 3 is 2.21 bits per heavy atom. The molecule has 1 heterocycles. The number of alkyl halides is 3. The Balaban J connectivity index is 2.09. The van der Waals surface area contributed by atoms with Gasteiger partial charge in [0.05, 0.1) is 4.47 Å². The first-order valence-electron chi connectivity index (χ1n) is 5.07. The highest BCUT2D eigenvalue weighted by Gasteiger charge is 2.30. The number of pyridine rings is 1. The van der Waals surface area contributed by atoms with Crippen molar-refractivity contribution >= 4 is 15.9 Å². The summed E-state index contributed by atoms with van der Waals surface area (Å²) in [6.07, 6.45) is -1.60. The summed E-state index contributed by atoms with van der Waals surface area (Å²) in [6, 6.07) is 6.75. The standard InChI is InChI=1S/C12H7BrF3NO2/c13-10-7-17-6-5-11(10)18-8-1-3-9(4-2-8)19-12(14,15)16/h1-7H. The van der Waals surface area contributed by atoms with Gasteiger partial charge in [-0.2, -0.15) is 0 Å². The van der Waals surface area contributed by atoms with Gasteiger partial charge in [-0.25, -0.2) is 0 Å². The van der Waals surface area contributed by atoms with Crippen molar-refractivity contribution in [2.75, 3.05) is 0 Å². The lowest BCUT2D eigenvalue weighted by molar-refractivity contribution is -0.274. The number of hydrogen-bond donors (Lipinski definition) is 0. The zero-order chi connectivity index (χ0) is 13.9. The van der Waals surface area contributed by atoms with Crippen LogP contribution >= 0.6 is 15.9 Å². The maximum absolute atomic E-state index is 12.0. The lowest BCUT2D eigenvalue weighted by Crippen LogP contribution is -2.16. The summed E-state index contributed by atoms with van der Waals surface area (Å²) >= 11 is 3.25. The summed E-state index contributed by atoms with van der Waals surface area (Å²) < 4.78 is 45.8. The summed E-state index contributed by atoms with van der Waals surface area (Å²) in [7, 11) is 0. The Kier molecular flexibility index (Phi) is 3.94. The van der Waals surface area contributed by atoms with E-state index in [0.29, 0.717) is 16.0 Å². The van der Waals surface area contributed by atoms with Crippen molar-refractivity contribution in [2.45, 2.75) is 6.36 Å². The van der Waals surface area contributed by atoms with Gasteiger partial charge < -0.3 is 9.47 Å². The van der Waals surface area contributed by atoms with Crippen LogP contribution in [-0.2, 0) is 0 Å². The van der Waals surface area contributed by atoms with Crippen LogP contribution < -0.4 is 9.47 Å². The zero-order valence-corrected chi connectivity index (χ0v) is 10.9. The lowest BCUT2D eigenvalue weighted by atomic mass is 10.3. The highest BCUT2D eigenvalue weighted by Crippen LogP contribution is 2.30. The van der Waals surface area contributed by atoms with Gasteiger partial charge in [-0.3, -0.25) is 4.98 Å². The number of aromatic nitrogens is 1. The molecular weight excluding hydrogens is 327 g/mol. The Labute approximate surface area is 115 Å². The fourth-order valence-electron chi connectivity index (χ4n) is 1.28. The topological polar surface area (TPSA) is 31.4 Å². The van der Waals surface area contributed by atoms with E-state index in [9.17, 15) is 13.2 Å². The maximum Gasteiger partial charge on any atom is 0.573 e. The summed E-state index contributed by atoms with van der Waals surface area (Å²) in [5, 5.41) is 0. The van der Waals surface area contributed by atoms with Crippen molar-refractivity contribution in [3.05, 3.63) is 47.2 Å². The third kappa shape index (κ3) is 4.13. The second kappa shape index (κ2) is 5.48. The summed E-state index contributed by atoms with van der Waals surface area (Å²) in [5.41, 5.74) is 0. The van der Waals surface area contributed by atoms with E-state index < -0.39 is 6.36 Å². The predicted molar refractivity (Wildman–Crippen MR) is 65.1 cm³/mol. The minimum absolute atomic E-state index is 0.298. The molecule has 1 aromatic heterocycles. The van der Waals surface area contributed by atoms with Gasteiger partial charge in [0.15, 0.2) is 0 Å². The number of ether oxygens (including phenoxy) is 2. The molecule has 0 spiro atoms. The van der Waals surface area contributed by atoms with Crippen molar-refractivity contribution in [2.24, 2.45) is 0 Å². The first kappa shape index (κ1) is 13.7. The molecule has 19 heavy (non-hydrogen) atoms. The second-order valence-electron chi connectivity index (χ2n) is 3.43. The molecule has 2 rings (SSSR count). The van der Waals surface area contributed by atoms with E-state index in [1.54, 1.807) is 18.5 Å². The van der Waals surface area contributed by atoms with Gasteiger partial charge in [-0.15, -0.1) is 13.2 Å². The fourth-order valence-corrected chi connectivity index (χ4v) is 1.61. The van der Waals surface area contributed by atoms with Crippen LogP contribution in [0.25, 0.3) is 0 Å². The number of benzene rings is 1. The Morgan fingerprint density at radius 2 is 1.63 bits per heavy atom. The summed E-state index contributed by atoms with van der Waals surface area (Å²) in [4.78, 5) is 3.87. The molecule has 2 aromatic rings. The van der Waals surface area contributed by atoms with E-state index in [0.717, 1.165) is 0 Å². The average Bonchev–Trinajstić information content (AvgIpc) is 2.33. The number of hydrogen-bond acceptors (Lipinski definition) is 3. The van der Waals surface area contributed by atoms with E-state index in [2.05, 4.69) is 25.7 Å². The van der Waals surface area contributed by atoms with Crippen molar-refractivity contribution in [3.63, 3.8) is 0 Å². The van der Waals surface area contributed by atoms with Crippen LogP contribution in [0.1, 0.15) is 0 Å². The molecule has 0 amide bonds. The van der Waals surface area contributed by atoms with Gasteiger partial charge in [0.2, 0.25) is 0 Å². The van der Waals surface area contributed by atoms with Gasteiger partial charge in [-0.1, -0.05) is 0 Å². The van der Waals surface area contributed by atoms with Gasteiger partial charge in [0.1, 0.15) is 17.2 Å². The smallest absolute Gasteiger partial charge is 0.456 e. The molecule has 0 unspecified atom stereocenters. The Hall–Kier alpha value is -1.76. The molecule has 0 radical (unpaired) electrons. The van der Waals surface area contributed by atoms with Crippen LogP contribution in [0.4, 0.5) is 13.2 Å². The molecule has 0 N–H and O–H groups in total. The van der Waals surface area contributed by atoms with E-state index in [4.69, 9.17) is 4.74 Å². The number of rotatable bonds is 3. The van der Waals surface area contributed by atoms with E-state index in [1.807, 2.05) is 0 Å². The molecule has 1 aromatic carbocycles. The minimum Gasteiger partial charge on any atom is -0.456 e. The van der Waals surface area contributed by atoms with Gasteiger partial charge >= 0.3 is 6.36 Å². The van der Waals surface area contributed by atoms with Crippen molar-refractivity contribution in [1.82, 2.24) is 4.98 Å². The first-order chi connectivity index (χ1) is 8.94. The average molecular weight is 334 g/mol. The molecule has 0 aliphatic heterocycles. The van der Waals surface area contributed by atoms with Crippen LogP contribution in [0.2, 0.25) is 0 Å². The fraction of sp³-hybridized carbons (Fsp3) is 0.0833. The molecule has 3 nitrogen and oxygen atoms in total. The molecule has 0 aliphatic carbocycles. The van der Waals surface area contributed by atoms with Crippen LogP contribution in [0, 0.1) is 0 Å². The third-order valence-electron chi connectivity index (χ3n) is 2.02. The number of halogens is 4. The highest BCUT2D eigenvalue weighted by molar-refractivity contribution is 9.10. The van der Waals surface area contributed by atoms with E-state index in [-0.39, 0.29) is 5.75 Å². The second-order valence-corrected chi connectivity index (χ2v) is 4.28. The van der Waals surface area contributed by atoms with Crippen LogP contribution in [0.15, 0.2) is 47.2 Å². The molecule has 100 valence electrons. The highest BCUT2D eigenvalue weighted by atomic mass is 79.9. The van der Waals surface area contributed by atoms with Gasteiger partial charge in [0, 0.05) is 18.5 Å². The monoisotopic (exact) mass is 333 g/mol. The third-order valence-corrected chi connectivity index (χ3v) is 2.62. The van der Waals surface area contributed by atoms with Gasteiger partial charge in [-0.05, 0) is 40.2 Å². The molecule has 0 fully saturated rings. The van der Waals surface area contributed by atoms with Crippen LogP contribution in [-0.4, -0.2) is 11.3 Å². The van der Waals surface area contributed by atoms with E-state index >= 15 is 0 Å². The van der Waals surface area contributed by atoms with E-state index in [1.165, 1.54) is 24.3 Å². The lowest BCUT2D eigenvalue weighted by Gasteiger charge is -2.10. The maximum atomic E-state index is 12.0. The molecule has 0 bridgehead atoms. The first-order valence-corrected chi connectivity index (χ1v) is 5.86. The van der Waals surface area contributed by atoms with Gasteiger partial charge in [0.25, 0.3) is 0 Å². The van der Waals surface area contributed by atoms with Crippen molar-refractivity contribution < 1.29 is 22.6 Å². The Bertz CT molecular complexity index is 558. The van der Waals surface area contributed by atoms with Crippen molar-refractivity contribution in [3.8, 4) is 17.2 Å². The molecule has 0 aliphatic rings. The molecule has 0 atom stereocenters. The SMILES string of the molecule is FC(F)(F)Oc1ccc(Oc2ccncc2Br)cc1. The predicted octanol–water partition coefficient (Wildman–Crippen LogP) is 4.54. The summed E-state index contributed by atoms with van der Waals surface area (Å²) in [6.45, 7) is 0. The van der Waals surface area contributed by atoms with Crippen molar-refractivity contribution in [1.29, 1.82) is 0 Å². The molecular formula is C12H7BrF3NO2. The molecule has 7 heteroatoms. The minimum atomic E-state index is -4.70. The van der Waals surface area contributed by atoms with Crippen LogP contribution in [0.5, 0.6) is 17.2 Å². The van der Waals surface area contributed by atoms with Crippen LogP contribution in [0.3, 0.4) is 0 Å². The zero-order valence-electron chi connectivity index (χ0n) is 9.32. The normalized spacial score (nSPS) is 11.2.